The molecule has 1 fully saturated rings. The Morgan fingerprint density at radius 2 is 2.14 bits per heavy atom. The zero-order valence-electron chi connectivity index (χ0n) is 11.8. The van der Waals surface area contributed by atoms with Crippen LogP contribution in [0, 0.1) is 5.82 Å². The number of benzene rings is 1. The summed E-state index contributed by atoms with van der Waals surface area (Å²) in [6.07, 6.45) is 6.05. The van der Waals surface area contributed by atoms with Gasteiger partial charge in [0.05, 0.1) is 11.1 Å². The molecule has 2 rings (SSSR count). The summed E-state index contributed by atoms with van der Waals surface area (Å²) in [5.74, 6) is -2.49. The van der Waals surface area contributed by atoms with Crippen molar-refractivity contribution in [3.63, 3.8) is 0 Å². The summed E-state index contributed by atoms with van der Waals surface area (Å²) in [4.78, 5) is 22.9. The van der Waals surface area contributed by atoms with Crippen LogP contribution >= 0.6 is 11.8 Å². The highest BCUT2D eigenvalue weighted by Gasteiger charge is 2.24. The summed E-state index contributed by atoms with van der Waals surface area (Å²) in [5.41, 5.74) is -0.268. The molecule has 6 heteroatoms. The SMILES string of the molecule is CSC1CCCC(NC(=O)c2ccc(C(=O)O)cc2F)C1. The van der Waals surface area contributed by atoms with Crippen LogP contribution in [0.1, 0.15) is 46.4 Å². The molecule has 0 bridgehead atoms. The van der Waals surface area contributed by atoms with Crippen LogP contribution in [0.4, 0.5) is 4.39 Å². The van der Waals surface area contributed by atoms with E-state index in [2.05, 4.69) is 11.6 Å². The zero-order chi connectivity index (χ0) is 15.4. The third-order valence-corrected chi connectivity index (χ3v) is 4.85. The van der Waals surface area contributed by atoms with Gasteiger partial charge in [0.25, 0.3) is 5.91 Å². The summed E-state index contributed by atoms with van der Waals surface area (Å²) in [6.45, 7) is 0. The molecule has 2 N–H and O–H groups in total. The maximum atomic E-state index is 13.8. The fourth-order valence-electron chi connectivity index (χ4n) is 2.59. The minimum absolute atomic E-state index is 0.0576. The van der Waals surface area contributed by atoms with Crippen molar-refractivity contribution in [1.82, 2.24) is 5.32 Å². The Hall–Kier alpha value is -1.56. The van der Waals surface area contributed by atoms with E-state index in [1.54, 1.807) is 11.8 Å². The average Bonchev–Trinajstić information content (AvgIpc) is 2.47. The number of hydrogen-bond donors (Lipinski definition) is 2. The number of thioether (sulfide) groups is 1. The lowest BCUT2D eigenvalue weighted by molar-refractivity contribution is 0.0695. The highest BCUT2D eigenvalue weighted by atomic mass is 32.2. The van der Waals surface area contributed by atoms with Gasteiger partial charge in [-0.2, -0.15) is 11.8 Å². The van der Waals surface area contributed by atoms with Crippen molar-refractivity contribution in [2.24, 2.45) is 0 Å². The number of hydrogen-bond acceptors (Lipinski definition) is 3. The summed E-state index contributed by atoms with van der Waals surface area (Å²) < 4.78 is 13.8. The Kier molecular flexibility index (Phi) is 5.22. The standard InChI is InChI=1S/C15H18FNO3S/c1-21-11-4-2-3-10(8-11)17-14(18)12-6-5-9(15(19)20)7-13(12)16/h5-7,10-11H,2-4,8H2,1H3,(H,17,18)(H,19,20). The van der Waals surface area contributed by atoms with Crippen molar-refractivity contribution in [3.8, 4) is 0 Å². The predicted molar refractivity (Wildman–Crippen MR) is 80.4 cm³/mol. The third-order valence-electron chi connectivity index (χ3n) is 3.76. The van der Waals surface area contributed by atoms with Gasteiger partial charge in [-0.1, -0.05) is 6.42 Å². The Bertz CT molecular complexity index is 550. The molecule has 2 atom stereocenters. The van der Waals surface area contributed by atoms with Crippen LogP contribution in [0.25, 0.3) is 0 Å². The molecule has 0 aromatic heterocycles. The van der Waals surface area contributed by atoms with Crippen LogP contribution < -0.4 is 5.32 Å². The first-order valence-corrected chi connectivity index (χ1v) is 8.16. The van der Waals surface area contributed by atoms with Crippen molar-refractivity contribution in [2.75, 3.05) is 6.26 Å². The van der Waals surface area contributed by atoms with E-state index in [-0.39, 0.29) is 17.2 Å². The molecule has 21 heavy (non-hydrogen) atoms. The van der Waals surface area contributed by atoms with E-state index in [0.717, 1.165) is 31.7 Å². The second kappa shape index (κ2) is 6.93. The molecule has 2 unspecified atom stereocenters. The fraction of sp³-hybridized carbons (Fsp3) is 0.467. The number of halogens is 1. The molecule has 1 aromatic carbocycles. The van der Waals surface area contributed by atoms with Crippen molar-refractivity contribution in [3.05, 3.63) is 35.1 Å². The smallest absolute Gasteiger partial charge is 0.335 e. The van der Waals surface area contributed by atoms with E-state index in [1.165, 1.54) is 12.1 Å². The van der Waals surface area contributed by atoms with Gasteiger partial charge in [-0.05, 0) is 43.7 Å². The number of carboxylic acid groups (broad SMARTS) is 1. The number of nitrogens with one attached hydrogen (secondary N) is 1. The average molecular weight is 311 g/mol. The molecule has 0 spiro atoms. The van der Waals surface area contributed by atoms with Crippen molar-refractivity contribution >= 4 is 23.6 Å². The molecule has 0 heterocycles. The lowest BCUT2D eigenvalue weighted by atomic mass is 9.94. The summed E-state index contributed by atoms with van der Waals surface area (Å²) >= 11 is 1.79. The van der Waals surface area contributed by atoms with Gasteiger partial charge in [0.1, 0.15) is 5.82 Å². The van der Waals surface area contributed by atoms with Crippen LogP contribution in [0.2, 0.25) is 0 Å². The maximum absolute atomic E-state index is 13.8. The van der Waals surface area contributed by atoms with E-state index in [4.69, 9.17) is 5.11 Å². The first-order valence-electron chi connectivity index (χ1n) is 6.87. The number of carbonyl (C=O) groups is 2. The van der Waals surface area contributed by atoms with Gasteiger partial charge >= 0.3 is 5.97 Å². The maximum Gasteiger partial charge on any atom is 0.335 e. The second-order valence-electron chi connectivity index (χ2n) is 5.19. The molecule has 1 aromatic rings. The van der Waals surface area contributed by atoms with Crippen molar-refractivity contribution in [1.29, 1.82) is 0 Å². The minimum atomic E-state index is -1.21. The second-order valence-corrected chi connectivity index (χ2v) is 6.33. The molecule has 0 radical (unpaired) electrons. The number of amides is 1. The molecule has 1 saturated carbocycles. The van der Waals surface area contributed by atoms with E-state index < -0.39 is 17.7 Å². The summed E-state index contributed by atoms with van der Waals surface area (Å²) in [6, 6.07) is 3.40. The topological polar surface area (TPSA) is 66.4 Å². The monoisotopic (exact) mass is 311 g/mol. The number of carboxylic acids is 1. The summed E-state index contributed by atoms with van der Waals surface area (Å²) in [5, 5.41) is 12.2. The van der Waals surface area contributed by atoms with E-state index in [1.807, 2.05) is 0 Å². The first kappa shape index (κ1) is 15.8. The van der Waals surface area contributed by atoms with Crippen LogP contribution in [0.3, 0.4) is 0 Å². The Morgan fingerprint density at radius 3 is 2.76 bits per heavy atom. The Balaban J connectivity index is 2.05. The lowest BCUT2D eigenvalue weighted by Gasteiger charge is -2.28. The molecular weight excluding hydrogens is 293 g/mol. The largest absolute Gasteiger partial charge is 0.478 e. The molecule has 0 saturated heterocycles. The van der Waals surface area contributed by atoms with Crippen LogP contribution in [-0.4, -0.2) is 34.5 Å². The van der Waals surface area contributed by atoms with E-state index in [9.17, 15) is 14.0 Å². The molecule has 114 valence electrons. The molecule has 4 nitrogen and oxygen atoms in total. The van der Waals surface area contributed by atoms with Crippen LogP contribution in [0.15, 0.2) is 18.2 Å². The lowest BCUT2D eigenvalue weighted by Crippen LogP contribution is -2.39. The molecule has 1 amide bonds. The quantitative estimate of drug-likeness (QED) is 0.897. The van der Waals surface area contributed by atoms with Gasteiger partial charge < -0.3 is 10.4 Å². The first-order chi connectivity index (χ1) is 10.0. The van der Waals surface area contributed by atoms with Crippen LogP contribution in [0.5, 0.6) is 0 Å². The molecule has 0 aliphatic heterocycles. The fourth-order valence-corrected chi connectivity index (χ4v) is 3.41. The summed E-state index contributed by atoms with van der Waals surface area (Å²) in [7, 11) is 0. The molecule has 1 aliphatic rings. The minimum Gasteiger partial charge on any atom is -0.478 e. The zero-order valence-corrected chi connectivity index (χ0v) is 12.6. The highest BCUT2D eigenvalue weighted by molar-refractivity contribution is 7.99. The molecular formula is C15H18FNO3S. The Labute approximate surface area is 127 Å². The van der Waals surface area contributed by atoms with Gasteiger partial charge in [-0.15, -0.1) is 0 Å². The van der Waals surface area contributed by atoms with E-state index >= 15 is 0 Å². The number of aromatic carboxylic acids is 1. The van der Waals surface area contributed by atoms with Crippen molar-refractivity contribution in [2.45, 2.75) is 37.0 Å². The van der Waals surface area contributed by atoms with Gasteiger partial charge in [0.15, 0.2) is 0 Å². The van der Waals surface area contributed by atoms with Gasteiger partial charge in [0, 0.05) is 11.3 Å². The number of carbonyl (C=O) groups excluding carboxylic acids is 1. The third kappa shape index (κ3) is 3.97. The van der Waals surface area contributed by atoms with Gasteiger partial charge in [-0.25, -0.2) is 9.18 Å². The van der Waals surface area contributed by atoms with Crippen molar-refractivity contribution < 1.29 is 19.1 Å². The van der Waals surface area contributed by atoms with Gasteiger partial charge in [-0.3, -0.25) is 4.79 Å². The highest BCUT2D eigenvalue weighted by Crippen LogP contribution is 2.27. The van der Waals surface area contributed by atoms with Gasteiger partial charge in [0.2, 0.25) is 0 Å². The normalized spacial score (nSPS) is 21.8. The van der Waals surface area contributed by atoms with E-state index in [0.29, 0.717) is 5.25 Å². The number of rotatable bonds is 4. The van der Waals surface area contributed by atoms with Crippen LogP contribution in [-0.2, 0) is 0 Å². The Morgan fingerprint density at radius 1 is 1.38 bits per heavy atom. The predicted octanol–water partition coefficient (Wildman–Crippen LogP) is 2.93. The molecule has 1 aliphatic carbocycles.